The molecule has 10 nitrogen and oxygen atoms in total. The summed E-state index contributed by atoms with van der Waals surface area (Å²) in [5, 5.41) is 16.6. The Kier molecular flexibility index (Phi) is 6.80. The van der Waals surface area contributed by atoms with Gasteiger partial charge in [-0.15, -0.1) is 23.4 Å². The maximum atomic E-state index is 13.2. The lowest BCUT2D eigenvalue weighted by molar-refractivity contribution is -0.274. The monoisotopic (exact) mass is 525 g/mol. The van der Waals surface area contributed by atoms with Gasteiger partial charge in [-0.2, -0.15) is 5.10 Å². The number of ketones is 1. The van der Waals surface area contributed by atoms with Crippen molar-refractivity contribution in [1.82, 2.24) is 25.0 Å². The second kappa shape index (κ2) is 9.71. The predicted octanol–water partition coefficient (Wildman–Crippen LogP) is 4.49. The fraction of sp³-hybridized carbons (Fsp3) is 0.364. The molecule has 2 aromatic heterocycles. The van der Waals surface area contributed by atoms with Gasteiger partial charge < -0.3 is 15.4 Å². The maximum absolute atomic E-state index is 13.2. The maximum Gasteiger partial charge on any atom is 0.573 e. The summed E-state index contributed by atoms with van der Waals surface area (Å²) in [6.45, 7) is 1.55. The summed E-state index contributed by atoms with van der Waals surface area (Å²) in [6.07, 6.45) is -4.89. The van der Waals surface area contributed by atoms with Gasteiger partial charge in [0.2, 0.25) is 11.8 Å². The average Bonchev–Trinajstić information content (AvgIpc) is 3.23. The molecule has 1 aromatic carbocycles. The number of alkyl halides is 5. The number of hydrogen-bond donors (Lipinski definition) is 2. The molecule has 1 aliphatic rings. The minimum atomic E-state index is -5.05. The summed E-state index contributed by atoms with van der Waals surface area (Å²) >= 11 is 0. The van der Waals surface area contributed by atoms with Crippen LogP contribution < -0.4 is 15.4 Å². The zero-order valence-electron chi connectivity index (χ0n) is 19.4. The Hall–Kier alpha value is -4.17. The van der Waals surface area contributed by atoms with Gasteiger partial charge in [0.05, 0.1) is 11.4 Å². The first kappa shape index (κ1) is 25.9. The van der Waals surface area contributed by atoms with Crippen LogP contribution in [0.3, 0.4) is 0 Å². The molecule has 0 bridgehead atoms. The average molecular weight is 525 g/mol. The summed E-state index contributed by atoms with van der Waals surface area (Å²) in [6, 6.07) is 4.95. The van der Waals surface area contributed by atoms with Crippen LogP contribution in [0.5, 0.6) is 5.75 Å². The number of nitrogens with zero attached hydrogens (tertiary/aromatic N) is 5. The number of anilines is 3. The second-order valence-electron chi connectivity index (χ2n) is 8.34. The summed E-state index contributed by atoms with van der Waals surface area (Å²) in [7, 11) is 1.59. The van der Waals surface area contributed by atoms with Crippen LogP contribution in [0.1, 0.15) is 36.7 Å². The Morgan fingerprint density at radius 2 is 1.89 bits per heavy atom. The van der Waals surface area contributed by atoms with Gasteiger partial charge in [0.1, 0.15) is 6.33 Å². The van der Waals surface area contributed by atoms with Crippen molar-refractivity contribution in [2.24, 2.45) is 13.0 Å². The molecule has 2 heterocycles. The zero-order valence-corrected chi connectivity index (χ0v) is 19.4. The molecule has 0 unspecified atom stereocenters. The molecule has 3 aromatic rings. The number of hydrogen-bond acceptors (Lipinski definition) is 8. The van der Waals surface area contributed by atoms with E-state index in [9.17, 15) is 31.5 Å². The van der Waals surface area contributed by atoms with E-state index in [1.165, 1.54) is 29.2 Å². The third kappa shape index (κ3) is 6.16. The Morgan fingerprint density at radius 3 is 2.49 bits per heavy atom. The number of amides is 1. The number of nitrogens with one attached hydrogen (secondary N) is 2. The second-order valence-corrected chi connectivity index (χ2v) is 8.34. The number of aryl methyl sites for hydroxylation is 1. The topological polar surface area (TPSA) is 124 Å². The Bertz CT molecular complexity index is 1330. The lowest BCUT2D eigenvalue weighted by Crippen LogP contribution is -2.42. The number of aromatic nitrogens is 5. The fourth-order valence-electron chi connectivity index (χ4n) is 3.59. The Balaban J connectivity index is 1.67. The van der Waals surface area contributed by atoms with E-state index < -0.39 is 48.5 Å². The van der Waals surface area contributed by atoms with Crippen molar-refractivity contribution in [3.05, 3.63) is 36.3 Å². The molecule has 37 heavy (non-hydrogen) atoms. The highest BCUT2D eigenvalue weighted by Crippen LogP contribution is 2.43. The van der Waals surface area contributed by atoms with Gasteiger partial charge in [-0.25, -0.2) is 13.8 Å². The summed E-state index contributed by atoms with van der Waals surface area (Å²) in [5.41, 5.74) is -0.240. The van der Waals surface area contributed by atoms with Crippen LogP contribution in [-0.2, 0) is 11.8 Å². The van der Waals surface area contributed by atoms with Crippen molar-refractivity contribution >= 4 is 28.9 Å². The normalized spacial score (nSPS) is 15.1. The highest BCUT2D eigenvalue weighted by atomic mass is 19.4. The van der Waals surface area contributed by atoms with Crippen molar-refractivity contribution in [1.29, 1.82) is 0 Å². The smallest absolute Gasteiger partial charge is 0.404 e. The SMILES string of the molecule is CCC(=O)c1nnc(NC(=O)C2CC(F)(F)C2)cc1Nc1ccc(-c2ncn(C)n2)cc1OC(F)(F)F. The molecule has 0 spiro atoms. The third-order valence-corrected chi connectivity index (χ3v) is 5.43. The zero-order chi connectivity index (χ0) is 27.0. The number of benzene rings is 1. The minimum Gasteiger partial charge on any atom is -0.404 e. The van der Waals surface area contributed by atoms with Gasteiger partial charge in [0, 0.05) is 43.9 Å². The number of carbonyl (C=O) groups is 2. The Labute approximate surface area is 206 Å². The third-order valence-electron chi connectivity index (χ3n) is 5.43. The molecule has 0 aliphatic heterocycles. The molecular weight excluding hydrogens is 505 g/mol. The number of rotatable bonds is 8. The summed E-state index contributed by atoms with van der Waals surface area (Å²) in [5.74, 6) is -5.71. The van der Waals surface area contributed by atoms with Gasteiger partial charge in [0.25, 0.3) is 0 Å². The number of carbonyl (C=O) groups excluding carboxylic acids is 2. The lowest BCUT2D eigenvalue weighted by atomic mass is 9.81. The van der Waals surface area contributed by atoms with Crippen LogP contribution in [0, 0.1) is 5.92 Å². The van der Waals surface area contributed by atoms with E-state index in [2.05, 4.69) is 35.7 Å². The molecule has 0 saturated heterocycles. The van der Waals surface area contributed by atoms with E-state index in [1.54, 1.807) is 14.0 Å². The first-order valence-electron chi connectivity index (χ1n) is 11.0. The van der Waals surface area contributed by atoms with E-state index in [1.807, 2.05) is 0 Å². The quantitative estimate of drug-likeness (QED) is 0.326. The van der Waals surface area contributed by atoms with Crippen LogP contribution in [0.4, 0.5) is 39.1 Å². The molecule has 4 rings (SSSR count). The van der Waals surface area contributed by atoms with E-state index in [0.717, 1.165) is 6.07 Å². The molecule has 1 amide bonds. The van der Waals surface area contributed by atoms with Gasteiger partial charge in [-0.05, 0) is 18.2 Å². The van der Waals surface area contributed by atoms with Crippen LogP contribution in [0.25, 0.3) is 11.4 Å². The number of ether oxygens (including phenoxy) is 1. The molecule has 0 atom stereocenters. The fourth-order valence-corrected chi connectivity index (χ4v) is 3.59. The molecule has 0 radical (unpaired) electrons. The van der Waals surface area contributed by atoms with Crippen LogP contribution in [-0.4, -0.2) is 48.9 Å². The first-order chi connectivity index (χ1) is 17.3. The minimum absolute atomic E-state index is 0.00240. The number of halogens is 5. The molecular formula is C22H20F5N7O3. The summed E-state index contributed by atoms with van der Waals surface area (Å²) in [4.78, 5) is 28.7. The molecule has 1 saturated carbocycles. The van der Waals surface area contributed by atoms with Crippen molar-refractivity contribution in [2.75, 3.05) is 10.6 Å². The highest BCUT2D eigenvalue weighted by Gasteiger charge is 2.48. The molecule has 1 aliphatic carbocycles. The number of Topliss-reactive ketones (excluding diaryl/α,β-unsaturated/α-hetero) is 1. The van der Waals surface area contributed by atoms with Crippen LogP contribution in [0.15, 0.2) is 30.6 Å². The van der Waals surface area contributed by atoms with E-state index in [4.69, 9.17) is 0 Å². The van der Waals surface area contributed by atoms with Crippen molar-refractivity contribution in [3.63, 3.8) is 0 Å². The van der Waals surface area contributed by atoms with Crippen LogP contribution >= 0.6 is 0 Å². The van der Waals surface area contributed by atoms with E-state index in [0.29, 0.717) is 0 Å². The van der Waals surface area contributed by atoms with Gasteiger partial charge in [-0.1, -0.05) is 6.92 Å². The summed E-state index contributed by atoms with van der Waals surface area (Å²) < 4.78 is 71.3. The van der Waals surface area contributed by atoms with Crippen molar-refractivity contribution < 1.29 is 36.3 Å². The van der Waals surface area contributed by atoms with E-state index in [-0.39, 0.29) is 40.7 Å². The van der Waals surface area contributed by atoms with Gasteiger partial charge in [0.15, 0.2) is 28.9 Å². The predicted molar refractivity (Wildman–Crippen MR) is 119 cm³/mol. The first-order valence-corrected chi connectivity index (χ1v) is 11.0. The van der Waals surface area contributed by atoms with Crippen molar-refractivity contribution in [2.45, 2.75) is 38.5 Å². The standard InChI is InChI=1S/C22H20F5N7O3/c1-3-15(35)18-14(7-17(31-32-18)30-20(36)12-8-21(23,24)9-12)29-13-5-4-11(19-28-10-34(2)33-19)6-16(13)37-22(25,26)27/h4-7,10,12H,3,8-9H2,1-2H3,(H2,29,30,31,36). The molecule has 1 fully saturated rings. The Morgan fingerprint density at radius 1 is 1.16 bits per heavy atom. The van der Waals surface area contributed by atoms with Crippen LogP contribution in [0.2, 0.25) is 0 Å². The van der Waals surface area contributed by atoms with Gasteiger partial charge >= 0.3 is 6.36 Å². The van der Waals surface area contributed by atoms with Gasteiger partial charge in [-0.3, -0.25) is 14.3 Å². The molecule has 196 valence electrons. The molecule has 2 N–H and O–H groups in total. The highest BCUT2D eigenvalue weighted by molar-refractivity contribution is 6.01. The van der Waals surface area contributed by atoms with E-state index >= 15 is 0 Å². The lowest BCUT2D eigenvalue weighted by Gasteiger charge is -2.33. The molecule has 15 heteroatoms. The van der Waals surface area contributed by atoms with Crippen molar-refractivity contribution in [3.8, 4) is 17.1 Å². The largest absolute Gasteiger partial charge is 0.573 e.